The molecule has 0 atom stereocenters. The fourth-order valence-corrected chi connectivity index (χ4v) is 2.76. The summed E-state index contributed by atoms with van der Waals surface area (Å²) >= 11 is 0. The molecule has 0 radical (unpaired) electrons. The Bertz CT molecular complexity index is 626. The van der Waals surface area contributed by atoms with E-state index in [-0.39, 0.29) is 35.3 Å². The van der Waals surface area contributed by atoms with Crippen LogP contribution in [-0.2, 0) is 4.74 Å². The molecule has 1 aliphatic rings. The third-order valence-electron chi connectivity index (χ3n) is 4.32. The molecule has 1 heterocycles. The Kier molecular flexibility index (Phi) is 6.58. The second-order valence-electron chi connectivity index (χ2n) is 6.09. The maximum Gasteiger partial charge on any atom is 0.286 e. The van der Waals surface area contributed by atoms with Gasteiger partial charge in [0, 0.05) is 26.3 Å². The number of benzene rings is 1. The van der Waals surface area contributed by atoms with Gasteiger partial charge in [0.1, 0.15) is 12.2 Å². The number of methoxy groups -OCH3 is 2. The highest BCUT2D eigenvalue weighted by molar-refractivity contribution is 5.99. The number of rotatable bonds is 7. The molecule has 25 heavy (non-hydrogen) atoms. The van der Waals surface area contributed by atoms with Crippen LogP contribution < -0.4 is 9.47 Å². The number of nitro groups is 1. The average Bonchev–Trinajstić information content (AvgIpc) is 2.61. The molecule has 1 saturated heterocycles. The van der Waals surface area contributed by atoms with Crippen molar-refractivity contribution in [3.63, 3.8) is 0 Å². The molecule has 8 nitrogen and oxygen atoms in total. The predicted octanol–water partition coefficient (Wildman–Crippen LogP) is 2.50. The summed E-state index contributed by atoms with van der Waals surface area (Å²) in [7, 11) is 2.96. The second kappa shape index (κ2) is 8.66. The molecule has 0 aromatic heterocycles. The predicted molar refractivity (Wildman–Crippen MR) is 91.3 cm³/mol. The lowest BCUT2D eigenvalue weighted by atomic mass is 9.98. The Balaban J connectivity index is 2.32. The van der Waals surface area contributed by atoms with E-state index in [1.165, 1.54) is 26.4 Å². The fraction of sp³-hybridized carbons (Fsp3) is 0.588. The summed E-state index contributed by atoms with van der Waals surface area (Å²) in [5.41, 5.74) is -0.257. The molecule has 1 amide bonds. The summed E-state index contributed by atoms with van der Waals surface area (Å²) in [6.45, 7) is 3.90. The van der Waals surface area contributed by atoms with E-state index in [0.717, 1.165) is 12.8 Å². The van der Waals surface area contributed by atoms with Crippen LogP contribution >= 0.6 is 0 Å². The first-order chi connectivity index (χ1) is 12.0. The van der Waals surface area contributed by atoms with E-state index >= 15 is 0 Å². The van der Waals surface area contributed by atoms with Crippen molar-refractivity contribution in [3.8, 4) is 11.5 Å². The number of amides is 1. The molecular formula is C17H24N2O6. The van der Waals surface area contributed by atoms with Crippen molar-refractivity contribution in [2.75, 3.05) is 40.5 Å². The topological polar surface area (TPSA) is 91.1 Å². The molecular weight excluding hydrogens is 328 g/mol. The van der Waals surface area contributed by atoms with Crippen molar-refractivity contribution in [1.82, 2.24) is 4.90 Å². The van der Waals surface area contributed by atoms with Crippen molar-refractivity contribution < 1.29 is 23.9 Å². The molecule has 2 rings (SSSR count). The van der Waals surface area contributed by atoms with E-state index in [4.69, 9.17) is 14.2 Å². The molecule has 138 valence electrons. The highest BCUT2D eigenvalue weighted by Gasteiger charge is 2.29. The average molecular weight is 352 g/mol. The zero-order chi connectivity index (χ0) is 18.4. The number of hydrogen-bond acceptors (Lipinski definition) is 6. The quantitative estimate of drug-likeness (QED) is 0.425. The number of hydrogen-bond donors (Lipinski definition) is 0. The van der Waals surface area contributed by atoms with Gasteiger partial charge in [-0.3, -0.25) is 14.9 Å². The van der Waals surface area contributed by atoms with Crippen molar-refractivity contribution >= 4 is 11.6 Å². The molecule has 0 spiro atoms. The third-order valence-corrected chi connectivity index (χ3v) is 4.32. The molecule has 0 aliphatic carbocycles. The first kappa shape index (κ1) is 19.0. The summed E-state index contributed by atoms with van der Waals surface area (Å²) in [5, 5.41) is 11.5. The monoisotopic (exact) mass is 352 g/mol. The van der Waals surface area contributed by atoms with Gasteiger partial charge in [0.25, 0.3) is 11.6 Å². The maximum absolute atomic E-state index is 12.8. The fourth-order valence-electron chi connectivity index (χ4n) is 2.76. The van der Waals surface area contributed by atoms with E-state index in [0.29, 0.717) is 25.6 Å². The molecule has 1 fully saturated rings. The van der Waals surface area contributed by atoms with Gasteiger partial charge in [-0.2, -0.15) is 0 Å². The van der Waals surface area contributed by atoms with Gasteiger partial charge in [0.05, 0.1) is 24.7 Å². The summed E-state index contributed by atoms with van der Waals surface area (Å²) in [4.78, 5) is 25.3. The Morgan fingerprint density at radius 1 is 1.24 bits per heavy atom. The zero-order valence-electron chi connectivity index (χ0n) is 14.8. The van der Waals surface area contributed by atoms with Crippen LogP contribution in [0.3, 0.4) is 0 Å². The number of likely N-dealkylation sites (tertiary alicyclic amines) is 1. The van der Waals surface area contributed by atoms with Gasteiger partial charge in [-0.05, 0) is 18.8 Å². The highest BCUT2D eigenvalue weighted by atomic mass is 16.6. The van der Waals surface area contributed by atoms with Crippen LogP contribution in [0.2, 0.25) is 0 Å². The molecule has 1 aromatic carbocycles. The van der Waals surface area contributed by atoms with E-state index < -0.39 is 4.92 Å². The van der Waals surface area contributed by atoms with Gasteiger partial charge >= 0.3 is 0 Å². The number of nitrogens with zero attached hydrogens (tertiary/aromatic N) is 2. The Morgan fingerprint density at radius 3 is 2.48 bits per heavy atom. The first-order valence-electron chi connectivity index (χ1n) is 8.25. The van der Waals surface area contributed by atoms with Crippen LogP contribution in [0.25, 0.3) is 0 Å². The number of ether oxygens (including phenoxy) is 3. The minimum absolute atomic E-state index is 0.0236. The van der Waals surface area contributed by atoms with Crippen molar-refractivity contribution in [1.29, 1.82) is 0 Å². The molecule has 1 aromatic rings. The van der Waals surface area contributed by atoms with Gasteiger partial charge < -0.3 is 19.1 Å². The summed E-state index contributed by atoms with van der Waals surface area (Å²) in [6.07, 6.45) is 1.80. The standard InChI is InChI=1S/C17H24N2O6/c1-12-4-6-18(7-5-12)17(20)13-10-15(24-3)16(25-9-8-23-2)11-14(13)19(21)22/h10-12H,4-9H2,1-3H3. The summed E-state index contributed by atoms with van der Waals surface area (Å²) < 4.78 is 15.6. The Morgan fingerprint density at radius 2 is 1.92 bits per heavy atom. The van der Waals surface area contributed by atoms with Gasteiger partial charge in [0.2, 0.25) is 0 Å². The Labute approximate surface area is 146 Å². The van der Waals surface area contributed by atoms with Crippen molar-refractivity contribution in [2.45, 2.75) is 19.8 Å². The van der Waals surface area contributed by atoms with E-state index in [1.54, 1.807) is 4.90 Å². The van der Waals surface area contributed by atoms with E-state index in [9.17, 15) is 14.9 Å². The summed E-state index contributed by atoms with van der Waals surface area (Å²) in [5.74, 6) is 0.718. The number of carbonyl (C=O) groups is 1. The third kappa shape index (κ3) is 4.60. The van der Waals surface area contributed by atoms with Crippen LogP contribution in [0.15, 0.2) is 12.1 Å². The minimum atomic E-state index is -0.567. The molecule has 0 N–H and O–H groups in total. The minimum Gasteiger partial charge on any atom is -0.493 e. The van der Waals surface area contributed by atoms with Gasteiger partial charge in [-0.25, -0.2) is 0 Å². The second-order valence-corrected chi connectivity index (χ2v) is 6.09. The summed E-state index contributed by atoms with van der Waals surface area (Å²) in [6, 6.07) is 2.63. The Hall–Kier alpha value is -2.35. The SMILES string of the molecule is COCCOc1cc([N+](=O)[O-])c(C(=O)N2CCC(C)CC2)cc1OC. The normalized spacial score (nSPS) is 15.1. The first-order valence-corrected chi connectivity index (χ1v) is 8.25. The van der Waals surface area contributed by atoms with Crippen LogP contribution in [0.4, 0.5) is 5.69 Å². The van der Waals surface area contributed by atoms with Crippen LogP contribution in [0.5, 0.6) is 11.5 Å². The zero-order valence-corrected chi connectivity index (χ0v) is 14.8. The van der Waals surface area contributed by atoms with Crippen molar-refractivity contribution in [3.05, 3.63) is 27.8 Å². The molecule has 8 heteroatoms. The largest absolute Gasteiger partial charge is 0.493 e. The number of piperidine rings is 1. The van der Waals surface area contributed by atoms with E-state index in [2.05, 4.69) is 6.92 Å². The smallest absolute Gasteiger partial charge is 0.286 e. The van der Waals surface area contributed by atoms with Gasteiger partial charge in [-0.1, -0.05) is 6.92 Å². The lowest BCUT2D eigenvalue weighted by Crippen LogP contribution is -2.38. The molecule has 0 unspecified atom stereocenters. The van der Waals surface area contributed by atoms with E-state index in [1.807, 2.05) is 0 Å². The lowest BCUT2D eigenvalue weighted by Gasteiger charge is -2.30. The molecule has 1 aliphatic heterocycles. The number of carbonyl (C=O) groups excluding carboxylic acids is 1. The lowest BCUT2D eigenvalue weighted by molar-refractivity contribution is -0.385. The molecule has 0 bridgehead atoms. The highest BCUT2D eigenvalue weighted by Crippen LogP contribution is 2.35. The van der Waals surface area contributed by atoms with Crippen LogP contribution in [-0.4, -0.2) is 56.3 Å². The van der Waals surface area contributed by atoms with Gasteiger partial charge in [0.15, 0.2) is 11.5 Å². The van der Waals surface area contributed by atoms with Crippen LogP contribution in [0, 0.1) is 16.0 Å². The van der Waals surface area contributed by atoms with Gasteiger partial charge in [-0.15, -0.1) is 0 Å². The number of nitro benzene ring substituents is 1. The maximum atomic E-state index is 12.8. The van der Waals surface area contributed by atoms with Crippen molar-refractivity contribution in [2.24, 2.45) is 5.92 Å². The van der Waals surface area contributed by atoms with Crippen LogP contribution in [0.1, 0.15) is 30.1 Å². The molecule has 0 saturated carbocycles.